The Morgan fingerprint density at radius 2 is 1.81 bits per heavy atom. The van der Waals surface area contributed by atoms with Gasteiger partial charge in [-0.05, 0) is 78.7 Å². The van der Waals surface area contributed by atoms with Crippen LogP contribution < -0.4 is 5.32 Å². The molecule has 0 saturated heterocycles. The number of carbonyl (C=O) groups is 4. The van der Waals surface area contributed by atoms with Gasteiger partial charge in [-0.15, -0.1) is 0 Å². The lowest BCUT2D eigenvalue weighted by Gasteiger charge is -2.27. The molecule has 2 N–H and O–H groups in total. The first-order valence-electron chi connectivity index (χ1n) is 12.7. The summed E-state index contributed by atoms with van der Waals surface area (Å²) < 4.78 is 5.64. The van der Waals surface area contributed by atoms with E-state index in [9.17, 15) is 29.5 Å². The van der Waals surface area contributed by atoms with E-state index in [0.717, 1.165) is 0 Å². The van der Waals surface area contributed by atoms with Gasteiger partial charge in [0.15, 0.2) is 5.78 Å². The Bertz CT molecular complexity index is 1610. The van der Waals surface area contributed by atoms with Crippen molar-refractivity contribution >= 4 is 46.8 Å². The van der Waals surface area contributed by atoms with Gasteiger partial charge in [-0.25, -0.2) is 4.79 Å². The number of carboxylic acids is 1. The number of nitrogens with one attached hydrogen (secondary N) is 1. The number of ketones is 1. The topological polar surface area (TPSA) is 137 Å². The molecule has 3 aromatic rings. The van der Waals surface area contributed by atoms with E-state index in [1.54, 1.807) is 54.4 Å². The molecule has 0 bridgehead atoms. The van der Waals surface area contributed by atoms with E-state index in [4.69, 9.17) is 16.3 Å². The third kappa shape index (κ3) is 7.93. The monoisotopic (exact) mass is 585 g/mol. The number of aromatic carboxylic acids is 1. The molecule has 1 atom stereocenters. The quantitative estimate of drug-likeness (QED) is 0.0952. The zero-order valence-corrected chi connectivity index (χ0v) is 23.9. The maximum atomic E-state index is 13.6. The van der Waals surface area contributed by atoms with Gasteiger partial charge in [0.1, 0.15) is 18.1 Å². The largest absolute Gasteiger partial charge is 0.495 e. The molecule has 214 valence electrons. The predicted molar refractivity (Wildman–Crippen MR) is 159 cm³/mol. The van der Waals surface area contributed by atoms with Crippen LogP contribution in [-0.2, 0) is 20.7 Å². The number of anilines is 1. The number of benzene rings is 3. The van der Waals surface area contributed by atoms with Gasteiger partial charge < -0.3 is 20.1 Å². The molecule has 42 heavy (non-hydrogen) atoms. The molecule has 0 heterocycles. The fourth-order valence-electron chi connectivity index (χ4n) is 4.26. The molecule has 10 heteroatoms. The first-order chi connectivity index (χ1) is 20.1. The highest BCUT2D eigenvalue weighted by atomic mass is 35.5. The van der Waals surface area contributed by atoms with Crippen molar-refractivity contribution in [2.45, 2.75) is 19.4 Å². The van der Waals surface area contributed by atoms with Crippen molar-refractivity contribution in [2.24, 2.45) is 0 Å². The second-order valence-corrected chi connectivity index (χ2v) is 9.67. The summed E-state index contributed by atoms with van der Waals surface area (Å²) in [6, 6.07) is 18.5. The van der Waals surface area contributed by atoms with Crippen LogP contribution in [0.25, 0.3) is 5.57 Å². The zero-order valence-electron chi connectivity index (χ0n) is 23.1. The van der Waals surface area contributed by atoms with Crippen LogP contribution >= 0.6 is 11.6 Å². The lowest BCUT2D eigenvalue weighted by molar-refractivity contribution is -0.120. The van der Waals surface area contributed by atoms with Crippen molar-refractivity contribution in [3.05, 3.63) is 118 Å². The van der Waals surface area contributed by atoms with Crippen molar-refractivity contribution in [1.82, 2.24) is 4.90 Å². The van der Waals surface area contributed by atoms with Crippen LogP contribution in [0.1, 0.15) is 44.3 Å². The van der Waals surface area contributed by atoms with Gasteiger partial charge in [-0.3, -0.25) is 14.4 Å². The number of hydrogen-bond acceptors (Lipinski definition) is 7. The summed E-state index contributed by atoms with van der Waals surface area (Å²) in [5.74, 6) is -1.58. The summed E-state index contributed by atoms with van der Waals surface area (Å²) in [7, 11) is 3.04. The van der Waals surface area contributed by atoms with E-state index in [1.165, 1.54) is 50.6 Å². The van der Waals surface area contributed by atoms with Crippen LogP contribution in [0.5, 0.6) is 0 Å². The molecule has 0 aliphatic rings. The number of methoxy groups -OCH3 is 1. The van der Waals surface area contributed by atoms with Gasteiger partial charge in [0.05, 0.1) is 24.3 Å². The van der Waals surface area contributed by atoms with Gasteiger partial charge >= 0.3 is 5.97 Å². The summed E-state index contributed by atoms with van der Waals surface area (Å²) in [6.45, 7) is 1.40. The number of allylic oxidation sites excluding steroid dienone is 2. The maximum absolute atomic E-state index is 13.6. The Morgan fingerprint density at radius 3 is 2.40 bits per heavy atom. The van der Waals surface area contributed by atoms with Gasteiger partial charge in [0.2, 0.25) is 5.91 Å². The summed E-state index contributed by atoms with van der Waals surface area (Å²) in [4.78, 5) is 50.4. The molecule has 0 aromatic heterocycles. The third-order valence-electron chi connectivity index (χ3n) is 6.37. The van der Waals surface area contributed by atoms with E-state index in [-0.39, 0.29) is 29.1 Å². The number of ether oxygens (including phenoxy) is 1. The van der Waals surface area contributed by atoms with Crippen LogP contribution in [0, 0.1) is 11.3 Å². The number of amides is 1. The summed E-state index contributed by atoms with van der Waals surface area (Å²) in [5.41, 5.74) is 2.59. The van der Waals surface area contributed by atoms with Crippen LogP contribution in [0.15, 0.2) is 84.8 Å². The molecule has 0 aliphatic carbocycles. The van der Waals surface area contributed by atoms with Crippen molar-refractivity contribution in [2.75, 3.05) is 19.5 Å². The number of carboxylic acid groups (broad SMARTS) is 1. The second kappa shape index (κ2) is 14.4. The number of rotatable bonds is 12. The Kier molecular flexibility index (Phi) is 10.8. The molecule has 9 nitrogen and oxygen atoms in total. The number of halogens is 1. The normalized spacial score (nSPS) is 12.1. The molecular formula is C32H28ClN3O6. The number of likely N-dealkylation sites (N-methyl/N-ethyl adjacent to an activating group) is 1. The minimum atomic E-state index is -1.09. The lowest BCUT2D eigenvalue weighted by atomic mass is 9.95. The average molecular weight is 586 g/mol. The lowest BCUT2D eigenvalue weighted by Crippen LogP contribution is -2.41. The Hall–Kier alpha value is -5.20. The molecule has 3 aromatic carbocycles. The summed E-state index contributed by atoms with van der Waals surface area (Å²) in [6.07, 6.45) is 3.52. The maximum Gasteiger partial charge on any atom is 0.335 e. The molecule has 3 rings (SSSR count). The van der Waals surface area contributed by atoms with Gasteiger partial charge in [-0.2, -0.15) is 5.26 Å². The van der Waals surface area contributed by atoms with E-state index in [2.05, 4.69) is 11.4 Å². The van der Waals surface area contributed by atoms with Gasteiger partial charge in [0.25, 0.3) is 0 Å². The highest BCUT2D eigenvalue weighted by molar-refractivity contribution is 6.31. The first-order valence-corrected chi connectivity index (χ1v) is 13.0. The fourth-order valence-corrected chi connectivity index (χ4v) is 4.43. The van der Waals surface area contributed by atoms with E-state index < -0.39 is 17.9 Å². The number of carbonyl (C=O) groups excluding carboxylic acids is 3. The Labute approximate surface area is 248 Å². The number of Topliss-reactive ketones (excluding diaryl/α,β-unsaturated/α-hetero) is 1. The number of nitriles is 1. The average Bonchev–Trinajstić information content (AvgIpc) is 2.97. The predicted octanol–water partition coefficient (Wildman–Crippen LogP) is 5.36. The third-order valence-corrected chi connectivity index (χ3v) is 6.61. The highest BCUT2D eigenvalue weighted by Crippen LogP contribution is 2.30. The molecule has 0 aliphatic heterocycles. The fraction of sp³-hybridized carbons (Fsp3) is 0.156. The Morgan fingerprint density at radius 1 is 1.10 bits per heavy atom. The van der Waals surface area contributed by atoms with E-state index in [1.807, 2.05) is 0 Å². The van der Waals surface area contributed by atoms with Gasteiger partial charge in [0, 0.05) is 41.5 Å². The van der Waals surface area contributed by atoms with Crippen molar-refractivity contribution in [3.63, 3.8) is 0 Å². The van der Waals surface area contributed by atoms with Crippen molar-refractivity contribution in [3.8, 4) is 6.07 Å². The molecule has 1 amide bonds. The van der Waals surface area contributed by atoms with Crippen LogP contribution in [0.2, 0.25) is 5.02 Å². The molecule has 0 radical (unpaired) electrons. The summed E-state index contributed by atoms with van der Waals surface area (Å²) >= 11 is 6.22. The van der Waals surface area contributed by atoms with Crippen LogP contribution in [0.4, 0.5) is 5.69 Å². The molecular weight excluding hydrogens is 558 g/mol. The van der Waals surface area contributed by atoms with E-state index in [0.29, 0.717) is 39.2 Å². The molecule has 1 unspecified atom stereocenters. The van der Waals surface area contributed by atoms with Crippen LogP contribution in [0.3, 0.4) is 0 Å². The summed E-state index contributed by atoms with van der Waals surface area (Å²) in [5, 5.41) is 21.7. The Balaban J connectivity index is 2.05. The van der Waals surface area contributed by atoms with E-state index >= 15 is 0 Å². The minimum absolute atomic E-state index is 0.0723. The van der Waals surface area contributed by atoms with Crippen molar-refractivity contribution in [1.29, 1.82) is 5.26 Å². The second-order valence-electron chi connectivity index (χ2n) is 9.23. The number of hydrogen-bond donors (Lipinski definition) is 2. The molecule has 0 saturated carbocycles. The van der Waals surface area contributed by atoms with Gasteiger partial charge in [-0.1, -0.05) is 23.7 Å². The zero-order chi connectivity index (χ0) is 30.8. The van der Waals surface area contributed by atoms with Crippen molar-refractivity contribution < 1.29 is 29.0 Å². The smallest absolute Gasteiger partial charge is 0.335 e. The number of aldehydes is 1. The standard InChI is InChI=1S/C32H28ClN3O6/c1-20(38)26-12-9-24(33)17-28(26)27(13-14-37)30(42-3)19-36(2)29(16-21-5-4-6-22(15-21)18-34)31(39)35-25-10-7-23(8-11-25)32(40)41/h4-15,17,19,29H,16H2,1-3H3,(H,35,39)(H,40,41)/b27-13-,30-19+. The molecule has 0 fully saturated rings. The SMILES string of the molecule is COC(=C/N(C)C(Cc1cccc(C#N)c1)C(=O)Nc1ccc(C(=O)O)cc1)/C(=C\C=O)c1cc(Cl)ccc1C(C)=O. The minimum Gasteiger partial charge on any atom is -0.495 e. The highest BCUT2D eigenvalue weighted by Gasteiger charge is 2.25. The number of nitrogens with zero attached hydrogens (tertiary/aromatic N) is 2. The molecule has 0 spiro atoms. The van der Waals surface area contributed by atoms with Crippen LogP contribution in [-0.4, -0.2) is 54.2 Å². The first kappa shape index (κ1) is 31.3.